The fourth-order valence-corrected chi connectivity index (χ4v) is 1.41. The number of hydrogen-bond acceptors (Lipinski definition) is 2. The summed E-state index contributed by atoms with van der Waals surface area (Å²) in [5.41, 5.74) is 0.403. The van der Waals surface area contributed by atoms with Crippen molar-refractivity contribution in [3.8, 4) is 0 Å². The normalized spacial score (nSPS) is 9.69. The number of carbonyl (C=O) groups excluding carboxylic acids is 2. The fourth-order valence-electron chi connectivity index (χ4n) is 0.756. The van der Waals surface area contributed by atoms with E-state index in [9.17, 15) is 9.59 Å². The quantitative estimate of drug-likeness (QED) is 0.831. The maximum atomic E-state index is 11.2. The number of H-pyrrole nitrogens is 1. The molecule has 1 rings (SSSR count). The monoisotopic (exact) mass is 308 g/mol. The van der Waals surface area contributed by atoms with Crippen molar-refractivity contribution in [1.82, 2.24) is 10.3 Å². The van der Waals surface area contributed by atoms with E-state index in [2.05, 4.69) is 42.2 Å². The Kier molecular flexibility index (Phi) is 3.68. The number of aromatic amines is 1. The number of amides is 1. The van der Waals surface area contributed by atoms with E-state index in [4.69, 9.17) is 0 Å². The summed E-state index contributed by atoms with van der Waals surface area (Å²) in [7, 11) is 0. The Morgan fingerprint density at radius 1 is 1.62 bits per heavy atom. The van der Waals surface area contributed by atoms with Crippen LogP contribution in [0.15, 0.2) is 15.1 Å². The van der Waals surface area contributed by atoms with Gasteiger partial charge in [-0.15, -0.1) is 0 Å². The number of rotatable bonds is 3. The van der Waals surface area contributed by atoms with Crippen LogP contribution in [-0.2, 0) is 4.79 Å². The summed E-state index contributed by atoms with van der Waals surface area (Å²) in [4.78, 5) is 24.0. The van der Waals surface area contributed by atoms with Gasteiger partial charge in [0.1, 0.15) is 12.0 Å². The molecule has 0 aliphatic rings. The molecule has 0 saturated heterocycles. The van der Waals surface area contributed by atoms with Gasteiger partial charge in [-0.2, -0.15) is 0 Å². The van der Waals surface area contributed by atoms with E-state index in [0.29, 0.717) is 16.6 Å². The second-order valence-corrected chi connectivity index (χ2v) is 3.87. The van der Waals surface area contributed by atoms with Crippen LogP contribution in [0.5, 0.6) is 0 Å². The van der Waals surface area contributed by atoms with Gasteiger partial charge in [0.15, 0.2) is 0 Å². The molecule has 0 spiro atoms. The smallest absolute Gasteiger partial charge is 0.268 e. The van der Waals surface area contributed by atoms with E-state index < -0.39 is 0 Å². The number of nitrogens with one attached hydrogen (secondary N) is 2. The van der Waals surface area contributed by atoms with Crippen molar-refractivity contribution in [2.24, 2.45) is 0 Å². The zero-order valence-electron chi connectivity index (χ0n) is 6.43. The van der Waals surface area contributed by atoms with Crippen LogP contribution in [-0.4, -0.2) is 23.7 Å². The Morgan fingerprint density at radius 2 is 2.31 bits per heavy atom. The summed E-state index contributed by atoms with van der Waals surface area (Å²) in [6, 6.07) is 1.63. The van der Waals surface area contributed by atoms with E-state index in [-0.39, 0.29) is 12.5 Å². The molecule has 0 aliphatic heterocycles. The molecule has 0 aliphatic carbocycles. The minimum Gasteiger partial charge on any atom is -0.344 e. The Morgan fingerprint density at radius 3 is 2.77 bits per heavy atom. The summed E-state index contributed by atoms with van der Waals surface area (Å²) >= 11 is 6.43. The van der Waals surface area contributed by atoms with Gasteiger partial charge in [-0.25, -0.2) is 0 Å². The van der Waals surface area contributed by atoms with Crippen LogP contribution in [0.1, 0.15) is 10.5 Å². The van der Waals surface area contributed by atoms with Gasteiger partial charge >= 0.3 is 0 Å². The van der Waals surface area contributed by atoms with Crippen LogP contribution >= 0.6 is 31.9 Å². The number of aldehydes is 1. The zero-order chi connectivity index (χ0) is 9.84. The van der Waals surface area contributed by atoms with Crippen molar-refractivity contribution in [3.05, 3.63) is 20.8 Å². The summed E-state index contributed by atoms with van der Waals surface area (Å²) < 4.78 is 1.47. The number of halogens is 2. The molecule has 70 valence electrons. The summed E-state index contributed by atoms with van der Waals surface area (Å²) in [6.45, 7) is 0.0209. The van der Waals surface area contributed by atoms with E-state index in [0.717, 1.165) is 4.47 Å². The Bertz CT molecular complexity index is 316. The lowest BCUT2D eigenvalue weighted by molar-refractivity contribution is -0.107. The lowest BCUT2D eigenvalue weighted by Crippen LogP contribution is -2.25. The lowest BCUT2D eigenvalue weighted by Gasteiger charge is -1.96. The second-order valence-electron chi connectivity index (χ2n) is 2.22. The SMILES string of the molecule is O=CCNC(=O)c1cc(Br)c(Br)[nH]1. The molecule has 1 heterocycles. The molecule has 2 N–H and O–H groups in total. The first-order valence-corrected chi connectivity index (χ1v) is 4.99. The predicted octanol–water partition coefficient (Wildman–Crippen LogP) is 1.47. The highest BCUT2D eigenvalue weighted by Crippen LogP contribution is 2.22. The van der Waals surface area contributed by atoms with Crippen molar-refractivity contribution < 1.29 is 9.59 Å². The molecule has 0 atom stereocenters. The topological polar surface area (TPSA) is 62.0 Å². The highest BCUT2D eigenvalue weighted by molar-refractivity contribution is 9.13. The molecule has 1 aromatic heterocycles. The highest BCUT2D eigenvalue weighted by Gasteiger charge is 2.09. The molecule has 0 aromatic carbocycles. The zero-order valence-corrected chi connectivity index (χ0v) is 9.61. The van der Waals surface area contributed by atoms with E-state index in [1.807, 2.05) is 0 Å². The molecular formula is C7H6Br2N2O2. The van der Waals surface area contributed by atoms with E-state index in [1.165, 1.54) is 0 Å². The molecule has 6 heteroatoms. The van der Waals surface area contributed by atoms with Crippen LogP contribution in [0.25, 0.3) is 0 Å². The highest BCUT2D eigenvalue weighted by atomic mass is 79.9. The van der Waals surface area contributed by atoms with Crippen LogP contribution in [0.4, 0.5) is 0 Å². The van der Waals surface area contributed by atoms with Crippen molar-refractivity contribution in [2.75, 3.05) is 6.54 Å². The second kappa shape index (κ2) is 4.57. The van der Waals surface area contributed by atoms with Crippen molar-refractivity contribution in [1.29, 1.82) is 0 Å². The average Bonchev–Trinajstić information content (AvgIpc) is 2.43. The first-order valence-electron chi connectivity index (χ1n) is 3.41. The van der Waals surface area contributed by atoms with Crippen LogP contribution in [0, 0.1) is 0 Å². The molecule has 0 bridgehead atoms. The number of aromatic nitrogens is 1. The van der Waals surface area contributed by atoms with Gasteiger partial charge in [-0.05, 0) is 37.9 Å². The Hall–Kier alpha value is -0.620. The third-order valence-corrected chi connectivity index (χ3v) is 3.10. The predicted molar refractivity (Wildman–Crippen MR) is 54.6 cm³/mol. The molecule has 0 saturated carbocycles. The van der Waals surface area contributed by atoms with Crippen LogP contribution in [0.3, 0.4) is 0 Å². The van der Waals surface area contributed by atoms with Gasteiger partial charge in [0.2, 0.25) is 0 Å². The molecule has 1 amide bonds. The summed E-state index contributed by atoms with van der Waals surface area (Å²) in [5.74, 6) is -0.307. The fraction of sp³-hybridized carbons (Fsp3) is 0.143. The molecule has 13 heavy (non-hydrogen) atoms. The number of carbonyl (C=O) groups is 2. The third kappa shape index (κ3) is 2.67. The molecule has 0 unspecified atom stereocenters. The molecular weight excluding hydrogens is 304 g/mol. The Labute approximate surface area is 91.3 Å². The summed E-state index contributed by atoms with van der Waals surface area (Å²) in [6.07, 6.45) is 0.630. The summed E-state index contributed by atoms with van der Waals surface area (Å²) in [5, 5.41) is 2.41. The minimum absolute atomic E-state index is 0.0209. The standard InChI is InChI=1S/C7H6Br2N2O2/c8-4-3-5(11-6(4)9)7(13)10-1-2-12/h2-3,11H,1H2,(H,10,13). The van der Waals surface area contributed by atoms with Gasteiger partial charge in [0, 0.05) is 0 Å². The minimum atomic E-state index is -0.307. The van der Waals surface area contributed by atoms with Gasteiger partial charge in [-0.3, -0.25) is 4.79 Å². The van der Waals surface area contributed by atoms with Gasteiger partial charge in [-0.1, -0.05) is 0 Å². The Balaban J connectivity index is 2.71. The third-order valence-electron chi connectivity index (χ3n) is 1.32. The maximum Gasteiger partial charge on any atom is 0.268 e. The van der Waals surface area contributed by atoms with Gasteiger partial charge < -0.3 is 15.1 Å². The van der Waals surface area contributed by atoms with Crippen molar-refractivity contribution in [3.63, 3.8) is 0 Å². The molecule has 0 fully saturated rings. The largest absolute Gasteiger partial charge is 0.344 e. The van der Waals surface area contributed by atoms with E-state index in [1.54, 1.807) is 6.07 Å². The molecule has 4 nitrogen and oxygen atoms in total. The van der Waals surface area contributed by atoms with Crippen molar-refractivity contribution >= 4 is 44.1 Å². The first kappa shape index (κ1) is 10.5. The first-order chi connectivity index (χ1) is 6.15. The van der Waals surface area contributed by atoms with Crippen LogP contribution < -0.4 is 5.32 Å². The maximum absolute atomic E-state index is 11.2. The van der Waals surface area contributed by atoms with Gasteiger partial charge in [0.25, 0.3) is 5.91 Å². The van der Waals surface area contributed by atoms with E-state index >= 15 is 0 Å². The lowest BCUT2D eigenvalue weighted by atomic mass is 10.4. The number of hydrogen-bond donors (Lipinski definition) is 2. The molecule has 1 aromatic rings. The van der Waals surface area contributed by atoms with Crippen molar-refractivity contribution in [2.45, 2.75) is 0 Å². The van der Waals surface area contributed by atoms with Gasteiger partial charge in [0.05, 0.1) is 15.6 Å². The average molecular weight is 310 g/mol. The van der Waals surface area contributed by atoms with Crippen LogP contribution in [0.2, 0.25) is 0 Å². The molecule has 0 radical (unpaired) electrons.